The molecule has 1 aliphatic heterocycles. The van der Waals surface area contributed by atoms with Crippen molar-refractivity contribution in [2.24, 2.45) is 5.92 Å². The van der Waals surface area contributed by atoms with Crippen LogP contribution < -0.4 is 11.2 Å². The summed E-state index contributed by atoms with van der Waals surface area (Å²) in [5.74, 6) is 1.92. The summed E-state index contributed by atoms with van der Waals surface area (Å²) < 4.78 is 12.9. The van der Waals surface area contributed by atoms with Crippen LogP contribution in [0.5, 0.6) is 0 Å². The number of nitrogens with one attached hydrogen (secondary N) is 1. The van der Waals surface area contributed by atoms with Crippen molar-refractivity contribution in [2.45, 2.75) is 38.5 Å². The van der Waals surface area contributed by atoms with Crippen LogP contribution in [0.25, 0.3) is 0 Å². The third-order valence-corrected chi connectivity index (χ3v) is 5.26. The number of esters is 1. The summed E-state index contributed by atoms with van der Waals surface area (Å²) in [5.41, 5.74) is -2.52. The van der Waals surface area contributed by atoms with Crippen LogP contribution in [0, 0.1) is 25.2 Å². The first-order chi connectivity index (χ1) is 13.2. The van der Waals surface area contributed by atoms with Crippen LogP contribution in [0.1, 0.15) is 36.2 Å². The van der Waals surface area contributed by atoms with Crippen LogP contribution in [-0.4, -0.2) is 27.7 Å². The average molecular weight is 382 g/mol. The minimum absolute atomic E-state index is 0.145. The number of terminal acetylenes is 1. The zero-order chi connectivity index (χ0) is 20.5. The van der Waals surface area contributed by atoms with E-state index in [0.717, 1.165) is 0 Å². The number of aryl methyl sites for hydroxylation is 1. The molecule has 3 atom stereocenters. The van der Waals surface area contributed by atoms with E-state index in [1.807, 2.05) is 6.92 Å². The normalized spacial score (nSPS) is 26.6. The maximum atomic E-state index is 12.4. The predicted molar refractivity (Wildman–Crippen MR) is 103 cm³/mol. The molecule has 2 aromatic rings. The molecule has 1 saturated heterocycles. The molecule has 1 fully saturated rings. The van der Waals surface area contributed by atoms with Crippen molar-refractivity contribution in [2.75, 3.05) is 6.61 Å². The number of aromatic amines is 1. The van der Waals surface area contributed by atoms with E-state index in [1.165, 1.54) is 10.8 Å². The second kappa shape index (κ2) is 7.13. The fourth-order valence-electron chi connectivity index (χ4n) is 3.46. The van der Waals surface area contributed by atoms with Crippen molar-refractivity contribution < 1.29 is 14.3 Å². The molecule has 1 aromatic carbocycles. The molecule has 0 radical (unpaired) electrons. The number of hydrogen-bond acceptors (Lipinski definition) is 5. The molecular weight excluding hydrogens is 360 g/mol. The first kappa shape index (κ1) is 19.6. The highest BCUT2D eigenvalue weighted by molar-refractivity contribution is 5.89. The van der Waals surface area contributed by atoms with Gasteiger partial charge in [0, 0.05) is 17.7 Å². The van der Waals surface area contributed by atoms with Gasteiger partial charge in [0.2, 0.25) is 0 Å². The molecule has 0 amide bonds. The molecule has 7 nitrogen and oxygen atoms in total. The van der Waals surface area contributed by atoms with Gasteiger partial charge in [-0.1, -0.05) is 31.0 Å². The Kier molecular flexibility index (Phi) is 5.01. The van der Waals surface area contributed by atoms with Crippen molar-refractivity contribution in [3.63, 3.8) is 0 Å². The second-order valence-electron chi connectivity index (χ2n) is 7.28. The van der Waals surface area contributed by atoms with Gasteiger partial charge < -0.3 is 9.47 Å². The highest BCUT2D eigenvalue weighted by Crippen LogP contribution is 2.44. The lowest BCUT2D eigenvalue weighted by molar-refractivity contribution is -0.143. The van der Waals surface area contributed by atoms with Gasteiger partial charge in [-0.25, -0.2) is 9.59 Å². The lowest BCUT2D eigenvalue weighted by atomic mass is 9.91. The van der Waals surface area contributed by atoms with Gasteiger partial charge in [0.05, 0.1) is 5.56 Å². The summed E-state index contributed by atoms with van der Waals surface area (Å²) in [7, 11) is 0. The number of carbonyl (C=O) groups excluding carboxylic acids is 1. The quantitative estimate of drug-likeness (QED) is 0.643. The Morgan fingerprint density at radius 2 is 2.07 bits per heavy atom. The van der Waals surface area contributed by atoms with Gasteiger partial charge in [-0.2, -0.15) is 0 Å². The summed E-state index contributed by atoms with van der Waals surface area (Å²) in [6, 6.07) is 8.58. The Morgan fingerprint density at radius 3 is 2.71 bits per heavy atom. The predicted octanol–water partition coefficient (Wildman–Crippen LogP) is 1.80. The number of carbonyl (C=O) groups is 1. The monoisotopic (exact) mass is 382 g/mol. The number of ether oxygens (including phenoxy) is 2. The van der Waals surface area contributed by atoms with Gasteiger partial charge in [-0.3, -0.25) is 14.3 Å². The molecule has 1 aliphatic rings. The Bertz CT molecular complexity index is 1050. The van der Waals surface area contributed by atoms with Crippen molar-refractivity contribution in [3.05, 3.63) is 68.5 Å². The molecule has 0 bridgehead atoms. The van der Waals surface area contributed by atoms with E-state index in [2.05, 4.69) is 10.9 Å². The smallest absolute Gasteiger partial charge is 0.338 e. The summed E-state index contributed by atoms with van der Waals surface area (Å²) in [6.07, 6.45) is 7.58. The number of benzene rings is 1. The fourth-order valence-corrected chi connectivity index (χ4v) is 3.46. The summed E-state index contributed by atoms with van der Waals surface area (Å²) in [6.45, 7) is 5.09. The minimum Gasteiger partial charge on any atom is -0.458 e. The molecule has 146 valence electrons. The molecule has 3 rings (SSSR count). The van der Waals surface area contributed by atoms with Crippen LogP contribution in [0.2, 0.25) is 0 Å². The Balaban J connectivity index is 1.86. The summed E-state index contributed by atoms with van der Waals surface area (Å²) >= 11 is 0. The van der Waals surface area contributed by atoms with Crippen LogP contribution in [0.15, 0.2) is 46.1 Å². The summed E-state index contributed by atoms with van der Waals surface area (Å²) in [4.78, 5) is 38.6. The zero-order valence-electron chi connectivity index (χ0n) is 16.0. The lowest BCUT2D eigenvalue weighted by Crippen LogP contribution is -2.47. The second-order valence-corrected chi connectivity index (χ2v) is 7.28. The highest BCUT2D eigenvalue weighted by Gasteiger charge is 2.53. The van der Waals surface area contributed by atoms with Crippen LogP contribution >= 0.6 is 0 Å². The van der Waals surface area contributed by atoms with E-state index in [-0.39, 0.29) is 12.5 Å². The molecule has 0 saturated carbocycles. The van der Waals surface area contributed by atoms with Crippen molar-refractivity contribution in [1.29, 1.82) is 0 Å². The molecule has 28 heavy (non-hydrogen) atoms. The van der Waals surface area contributed by atoms with Gasteiger partial charge >= 0.3 is 11.7 Å². The van der Waals surface area contributed by atoms with Gasteiger partial charge in [-0.05, 0) is 32.4 Å². The summed E-state index contributed by atoms with van der Waals surface area (Å²) in [5, 5.41) is 0. The van der Waals surface area contributed by atoms with Crippen LogP contribution in [0.4, 0.5) is 0 Å². The first-order valence-corrected chi connectivity index (χ1v) is 8.94. The number of rotatable bonds is 4. The van der Waals surface area contributed by atoms with Crippen molar-refractivity contribution in [1.82, 2.24) is 9.55 Å². The van der Waals surface area contributed by atoms with E-state index in [1.54, 1.807) is 44.2 Å². The minimum atomic E-state index is -1.18. The molecule has 3 unspecified atom stereocenters. The maximum Gasteiger partial charge on any atom is 0.338 e. The van der Waals surface area contributed by atoms with E-state index >= 15 is 0 Å². The fraction of sp³-hybridized carbons (Fsp3) is 0.381. The highest BCUT2D eigenvalue weighted by atomic mass is 16.6. The van der Waals surface area contributed by atoms with Gasteiger partial charge in [0.1, 0.15) is 6.61 Å². The Labute approximate surface area is 162 Å². The first-order valence-electron chi connectivity index (χ1n) is 8.94. The number of aromatic nitrogens is 2. The lowest BCUT2D eigenvalue weighted by Gasteiger charge is -2.32. The van der Waals surface area contributed by atoms with Gasteiger partial charge in [-0.15, -0.1) is 6.42 Å². The Hall–Kier alpha value is -3.11. The third-order valence-electron chi connectivity index (χ3n) is 5.26. The van der Waals surface area contributed by atoms with Crippen molar-refractivity contribution in [3.8, 4) is 12.3 Å². The third kappa shape index (κ3) is 3.39. The molecular formula is C21H22N2O5. The standard InChI is InChI=1S/C21H22N2O5/c1-5-21(13-27-18(25)16-9-7-6-8-10-16)11-15(3)20(4,28-21)23-12-14(2)17(24)22-19(23)26/h1,6-10,12,15H,11,13H2,2-4H3,(H,22,24,26). The van der Waals surface area contributed by atoms with E-state index in [4.69, 9.17) is 15.9 Å². The molecule has 7 heteroatoms. The molecule has 1 N–H and O–H groups in total. The maximum absolute atomic E-state index is 12.4. The Morgan fingerprint density at radius 1 is 1.39 bits per heavy atom. The largest absolute Gasteiger partial charge is 0.458 e. The van der Waals surface area contributed by atoms with Crippen molar-refractivity contribution >= 4 is 5.97 Å². The topological polar surface area (TPSA) is 90.4 Å². The molecule has 0 spiro atoms. The molecule has 2 heterocycles. The SMILES string of the molecule is C#CC1(COC(=O)c2ccccc2)CC(C)C(C)(n2cc(C)c(=O)[nH]c2=O)O1. The van der Waals surface area contributed by atoms with Crippen LogP contribution in [-0.2, 0) is 15.2 Å². The number of hydrogen-bond donors (Lipinski definition) is 1. The van der Waals surface area contributed by atoms with E-state index in [9.17, 15) is 14.4 Å². The van der Waals surface area contributed by atoms with E-state index < -0.39 is 28.5 Å². The zero-order valence-corrected chi connectivity index (χ0v) is 16.0. The number of nitrogens with zero attached hydrogens (tertiary/aromatic N) is 1. The average Bonchev–Trinajstić information content (AvgIpc) is 2.95. The number of H-pyrrole nitrogens is 1. The van der Waals surface area contributed by atoms with E-state index in [0.29, 0.717) is 17.5 Å². The molecule has 0 aliphatic carbocycles. The van der Waals surface area contributed by atoms with Gasteiger partial charge in [0.15, 0.2) is 11.3 Å². The van der Waals surface area contributed by atoms with Crippen LogP contribution in [0.3, 0.4) is 0 Å². The molecule has 1 aromatic heterocycles. The van der Waals surface area contributed by atoms with Gasteiger partial charge in [0.25, 0.3) is 5.56 Å².